The second-order valence-electron chi connectivity index (χ2n) is 7.35. The second kappa shape index (κ2) is 13.4. The van der Waals surface area contributed by atoms with Gasteiger partial charge in [-0.3, -0.25) is 0 Å². The zero-order valence-electron chi connectivity index (χ0n) is 18.3. The van der Waals surface area contributed by atoms with Gasteiger partial charge in [-0.2, -0.15) is 0 Å². The summed E-state index contributed by atoms with van der Waals surface area (Å²) in [6, 6.07) is 0. The summed E-state index contributed by atoms with van der Waals surface area (Å²) >= 11 is 0. The highest BCUT2D eigenvalue weighted by molar-refractivity contribution is 5.21. The van der Waals surface area contributed by atoms with Crippen LogP contribution in [0.15, 0.2) is 36.5 Å². The Balaban J connectivity index is 0.00000134. The molecule has 0 bridgehead atoms. The van der Waals surface area contributed by atoms with Crippen LogP contribution >= 0.6 is 0 Å². The Morgan fingerprint density at radius 1 is 1.16 bits per heavy atom. The van der Waals surface area contributed by atoms with Crippen LogP contribution in [-0.4, -0.2) is 25.0 Å². The molecule has 2 fully saturated rings. The van der Waals surface area contributed by atoms with Gasteiger partial charge in [0.15, 0.2) is 0 Å². The minimum atomic E-state index is 0.496. The normalized spacial score (nSPS) is 29.4. The summed E-state index contributed by atoms with van der Waals surface area (Å²) in [5.74, 6) is 1.89. The first-order valence-corrected chi connectivity index (χ1v) is 10.8. The number of allylic oxidation sites excluding steroid dienone is 5. The van der Waals surface area contributed by atoms with Gasteiger partial charge < -0.3 is 4.90 Å². The van der Waals surface area contributed by atoms with Gasteiger partial charge in [0.25, 0.3) is 0 Å². The van der Waals surface area contributed by atoms with Crippen molar-refractivity contribution in [1.82, 2.24) is 4.90 Å². The Hall–Kier alpha value is -0.820. The molecule has 1 heterocycles. The number of hydrogen-bond acceptors (Lipinski definition) is 1. The lowest BCUT2D eigenvalue weighted by atomic mass is 9.58. The van der Waals surface area contributed by atoms with Crippen molar-refractivity contribution in [2.45, 2.75) is 80.1 Å². The van der Waals surface area contributed by atoms with Crippen LogP contribution < -0.4 is 0 Å². The third kappa shape index (κ3) is 7.52. The van der Waals surface area contributed by atoms with Crippen molar-refractivity contribution in [2.24, 2.45) is 17.3 Å². The smallest absolute Gasteiger partial charge is 0.00408 e. The number of rotatable bonds is 5. The molecule has 1 aliphatic heterocycles. The summed E-state index contributed by atoms with van der Waals surface area (Å²) in [4.78, 5) is 2.55. The van der Waals surface area contributed by atoms with E-state index in [4.69, 9.17) is 0 Å². The first-order valence-electron chi connectivity index (χ1n) is 10.8. The molecule has 146 valence electrons. The molecule has 1 heteroatoms. The Labute approximate surface area is 159 Å². The quantitative estimate of drug-likeness (QED) is 0.473. The van der Waals surface area contributed by atoms with Crippen molar-refractivity contribution in [3.63, 3.8) is 0 Å². The van der Waals surface area contributed by atoms with Crippen molar-refractivity contribution in [2.75, 3.05) is 20.1 Å². The van der Waals surface area contributed by atoms with Gasteiger partial charge in [0.05, 0.1) is 0 Å². The van der Waals surface area contributed by atoms with E-state index in [0.717, 1.165) is 11.8 Å². The highest BCUT2D eigenvalue weighted by Gasteiger charge is 2.45. The van der Waals surface area contributed by atoms with Gasteiger partial charge in [0, 0.05) is 6.54 Å². The second-order valence-corrected chi connectivity index (χ2v) is 7.35. The molecule has 1 saturated heterocycles. The molecule has 3 atom stereocenters. The number of hydrogen-bond donors (Lipinski definition) is 0. The van der Waals surface area contributed by atoms with Crippen LogP contribution in [0.25, 0.3) is 0 Å². The molecular formula is C24H45N. The van der Waals surface area contributed by atoms with E-state index >= 15 is 0 Å². The fraction of sp³-hybridized carbons (Fsp3) is 0.750. The lowest BCUT2D eigenvalue weighted by Gasteiger charge is -2.52. The van der Waals surface area contributed by atoms with E-state index < -0.39 is 0 Å². The van der Waals surface area contributed by atoms with E-state index in [1.165, 1.54) is 57.2 Å². The van der Waals surface area contributed by atoms with Gasteiger partial charge in [-0.1, -0.05) is 77.5 Å². The molecule has 1 aliphatic carbocycles. The third-order valence-electron chi connectivity index (χ3n) is 5.77. The van der Waals surface area contributed by atoms with Crippen LogP contribution in [0.1, 0.15) is 80.1 Å². The predicted molar refractivity (Wildman–Crippen MR) is 116 cm³/mol. The maximum atomic E-state index is 4.33. The van der Waals surface area contributed by atoms with Crippen LogP contribution in [0, 0.1) is 17.3 Å². The molecule has 0 aromatic heterocycles. The minimum absolute atomic E-state index is 0.496. The fourth-order valence-electron chi connectivity index (χ4n) is 4.56. The predicted octanol–water partition coefficient (Wildman–Crippen LogP) is 7.27. The molecule has 0 aromatic carbocycles. The number of piperidine rings is 1. The first kappa shape index (κ1) is 24.2. The molecule has 2 aliphatic rings. The Bertz CT molecular complexity index is 406. The van der Waals surface area contributed by atoms with Gasteiger partial charge in [-0.25, -0.2) is 0 Å². The maximum absolute atomic E-state index is 4.33. The highest BCUT2D eigenvalue weighted by Crippen LogP contribution is 2.51. The van der Waals surface area contributed by atoms with Crippen LogP contribution in [0.4, 0.5) is 0 Å². The molecule has 0 N–H and O–H groups in total. The lowest BCUT2D eigenvalue weighted by Crippen LogP contribution is -2.50. The summed E-state index contributed by atoms with van der Waals surface area (Å²) in [5.41, 5.74) is 1.80. The summed E-state index contributed by atoms with van der Waals surface area (Å²) in [7, 11) is 2.29. The van der Waals surface area contributed by atoms with E-state index in [1.54, 1.807) is 0 Å². The van der Waals surface area contributed by atoms with Gasteiger partial charge in [-0.15, -0.1) is 0 Å². The average molecular weight is 348 g/mol. The number of likely N-dealkylation sites (tertiary alicyclic amines) is 1. The van der Waals surface area contributed by atoms with Crippen LogP contribution in [0.2, 0.25) is 0 Å². The zero-order chi connectivity index (χ0) is 19.3. The summed E-state index contributed by atoms with van der Waals surface area (Å²) in [5, 5.41) is 0. The molecule has 0 amide bonds. The van der Waals surface area contributed by atoms with Gasteiger partial charge in [0.2, 0.25) is 0 Å². The van der Waals surface area contributed by atoms with E-state index in [1.807, 2.05) is 27.7 Å². The van der Waals surface area contributed by atoms with Crippen molar-refractivity contribution < 1.29 is 0 Å². The average Bonchev–Trinajstić information content (AvgIpc) is 2.64. The van der Waals surface area contributed by atoms with E-state index in [9.17, 15) is 0 Å². The Kier molecular flexibility index (Phi) is 13.0. The molecule has 0 spiro atoms. The fourth-order valence-corrected chi connectivity index (χ4v) is 4.56. The number of nitrogens with zero attached hydrogens (tertiary/aromatic N) is 1. The molecule has 0 aromatic rings. The minimum Gasteiger partial charge on any atom is -0.306 e. The summed E-state index contributed by atoms with van der Waals surface area (Å²) in [6.07, 6.45) is 16.7. The summed E-state index contributed by atoms with van der Waals surface area (Å²) in [6.45, 7) is 19.3. The van der Waals surface area contributed by atoms with Crippen LogP contribution in [0.5, 0.6) is 0 Å². The molecule has 2 rings (SSSR count). The van der Waals surface area contributed by atoms with Crippen LogP contribution in [0.3, 0.4) is 0 Å². The third-order valence-corrected chi connectivity index (χ3v) is 5.77. The topological polar surface area (TPSA) is 3.24 Å². The SMILES string of the molecule is C=C(/C=C\C=C/C)C[C@]12CCC(CC)CC1CCN(C)C2.CC.CC. The first-order chi connectivity index (χ1) is 12.1. The molecule has 1 saturated carbocycles. The van der Waals surface area contributed by atoms with E-state index in [0.29, 0.717) is 5.41 Å². The maximum Gasteiger partial charge on any atom is 0.00408 e. The van der Waals surface area contributed by atoms with Crippen molar-refractivity contribution in [1.29, 1.82) is 0 Å². The van der Waals surface area contributed by atoms with Gasteiger partial charge in [0.1, 0.15) is 0 Å². The Morgan fingerprint density at radius 2 is 1.84 bits per heavy atom. The summed E-state index contributed by atoms with van der Waals surface area (Å²) < 4.78 is 0. The standard InChI is InChI=1S/C20H33N.2C2H6/c1-5-7-8-9-17(3)15-20-12-10-18(6-2)14-19(20)11-13-21(4)16-20;2*1-2/h5,7-9,18-19H,3,6,10-16H2,1-2,4H3;2*1-2H3/b7-5-,9-8-;;/t18?,19?,20-;;/m0../s1. The van der Waals surface area contributed by atoms with E-state index in [2.05, 4.69) is 56.7 Å². The zero-order valence-corrected chi connectivity index (χ0v) is 18.3. The molecule has 0 radical (unpaired) electrons. The largest absolute Gasteiger partial charge is 0.306 e. The van der Waals surface area contributed by atoms with Crippen LogP contribution in [-0.2, 0) is 0 Å². The van der Waals surface area contributed by atoms with Crippen molar-refractivity contribution in [3.05, 3.63) is 36.5 Å². The molecule has 1 nitrogen and oxygen atoms in total. The molecule has 2 unspecified atom stereocenters. The monoisotopic (exact) mass is 347 g/mol. The molecular weight excluding hydrogens is 302 g/mol. The van der Waals surface area contributed by atoms with Gasteiger partial charge >= 0.3 is 0 Å². The highest BCUT2D eigenvalue weighted by atomic mass is 15.1. The van der Waals surface area contributed by atoms with E-state index in [-0.39, 0.29) is 0 Å². The van der Waals surface area contributed by atoms with Crippen molar-refractivity contribution >= 4 is 0 Å². The lowest BCUT2D eigenvalue weighted by molar-refractivity contribution is -0.0138. The number of fused-ring (bicyclic) bond motifs is 1. The van der Waals surface area contributed by atoms with Crippen molar-refractivity contribution in [3.8, 4) is 0 Å². The van der Waals surface area contributed by atoms with Gasteiger partial charge in [-0.05, 0) is 69.9 Å². The Morgan fingerprint density at radius 3 is 2.44 bits per heavy atom. The molecule has 25 heavy (non-hydrogen) atoms.